The van der Waals surface area contributed by atoms with Crippen LogP contribution in [0, 0.1) is 0 Å². The Morgan fingerprint density at radius 2 is 1.14 bits per heavy atom. The van der Waals surface area contributed by atoms with Crippen molar-refractivity contribution in [1.29, 1.82) is 0 Å². The molecule has 28 heavy (non-hydrogen) atoms. The maximum atomic E-state index is 12.7. The summed E-state index contributed by atoms with van der Waals surface area (Å²) in [6.07, 6.45) is 3.63. The second-order valence-electron chi connectivity index (χ2n) is 6.40. The van der Waals surface area contributed by atoms with Crippen LogP contribution in [0.3, 0.4) is 0 Å². The van der Waals surface area contributed by atoms with Gasteiger partial charge in [0, 0.05) is 23.3 Å². The molecule has 0 N–H and O–H groups in total. The number of benzene rings is 2. The van der Waals surface area contributed by atoms with E-state index >= 15 is 0 Å². The molecule has 142 valence electrons. The third-order valence-electron chi connectivity index (χ3n) is 4.77. The molecular formula is C22H18O6. The lowest BCUT2D eigenvalue weighted by Crippen LogP contribution is -2.14. The lowest BCUT2D eigenvalue weighted by molar-refractivity contribution is 0.414. The van der Waals surface area contributed by atoms with E-state index in [0.717, 1.165) is 0 Å². The highest BCUT2D eigenvalue weighted by Gasteiger charge is 2.12. The number of hydrogen-bond acceptors (Lipinski definition) is 6. The molecule has 6 heteroatoms. The summed E-state index contributed by atoms with van der Waals surface area (Å²) in [7, 11) is 3.11. The van der Waals surface area contributed by atoms with Gasteiger partial charge in [-0.15, -0.1) is 0 Å². The number of rotatable bonds is 5. The third-order valence-corrected chi connectivity index (χ3v) is 4.77. The van der Waals surface area contributed by atoms with Crippen molar-refractivity contribution < 1.29 is 18.3 Å². The molecule has 0 amide bonds. The summed E-state index contributed by atoms with van der Waals surface area (Å²) in [4.78, 5) is 25.4. The van der Waals surface area contributed by atoms with Gasteiger partial charge in [-0.2, -0.15) is 0 Å². The van der Waals surface area contributed by atoms with Crippen LogP contribution < -0.4 is 20.3 Å². The summed E-state index contributed by atoms with van der Waals surface area (Å²) in [5.74, 6) is 1.24. The fraction of sp³-hybridized carbons (Fsp3) is 0.182. The van der Waals surface area contributed by atoms with Crippen LogP contribution >= 0.6 is 0 Å². The molecular weight excluding hydrogens is 360 g/mol. The van der Waals surface area contributed by atoms with Crippen LogP contribution in [0.15, 0.2) is 67.3 Å². The minimum Gasteiger partial charge on any atom is -0.497 e. The molecule has 0 spiro atoms. The van der Waals surface area contributed by atoms with Gasteiger partial charge < -0.3 is 18.3 Å². The highest BCUT2D eigenvalue weighted by atomic mass is 16.5. The van der Waals surface area contributed by atoms with Crippen molar-refractivity contribution >= 4 is 21.9 Å². The maximum absolute atomic E-state index is 12.7. The van der Waals surface area contributed by atoms with Crippen LogP contribution in [0.4, 0.5) is 0 Å². The second-order valence-corrected chi connectivity index (χ2v) is 6.40. The van der Waals surface area contributed by atoms with E-state index in [2.05, 4.69) is 0 Å². The predicted molar refractivity (Wildman–Crippen MR) is 105 cm³/mol. The van der Waals surface area contributed by atoms with Crippen LogP contribution in [-0.2, 0) is 12.8 Å². The Balaban J connectivity index is 1.64. The molecule has 4 aromatic rings. The first-order valence-electron chi connectivity index (χ1n) is 8.77. The highest BCUT2D eigenvalue weighted by Crippen LogP contribution is 2.21. The van der Waals surface area contributed by atoms with E-state index in [1.54, 1.807) is 50.6 Å². The Kier molecular flexibility index (Phi) is 4.61. The normalized spacial score (nSPS) is 11.1. The maximum Gasteiger partial charge on any atom is 0.195 e. The zero-order valence-corrected chi connectivity index (χ0v) is 15.5. The van der Waals surface area contributed by atoms with Gasteiger partial charge in [0.25, 0.3) is 0 Å². The molecule has 0 aliphatic carbocycles. The Morgan fingerprint density at radius 3 is 1.54 bits per heavy atom. The SMILES string of the molecule is COc1ccc2c(=O)c(CCc3coc4cc(OC)ccc4c3=O)coc2c1. The van der Waals surface area contributed by atoms with Crippen LogP contribution in [0.1, 0.15) is 11.1 Å². The van der Waals surface area contributed by atoms with Gasteiger partial charge >= 0.3 is 0 Å². The van der Waals surface area contributed by atoms with E-state index in [0.29, 0.717) is 57.4 Å². The van der Waals surface area contributed by atoms with E-state index in [1.807, 2.05) is 0 Å². The zero-order valence-electron chi connectivity index (χ0n) is 15.5. The minimum atomic E-state index is -0.112. The van der Waals surface area contributed by atoms with Crippen LogP contribution in [0.5, 0.6) is 11.5 Å². The summed E-state index contributed by atoms with van der Waals surface area (Å²) in [6.45, 7) is 0. The molecule has 2 heterocycles. The van der Waals surface area contributed by atoms with Crippen molar-refractivity contribution in [2.24, 2.45) is 0 Å². The summed E-state index contributed by atoms with van der Waals surface area (Å²) >= 11 is 0. The van der Waals surface area contributed by atoms with Gasteiger partial charge in [0.1, 0.15) is 22.7 Å². The van der Waals surface area contributed by atoms with Crippen molar-refractivity contribution in [2.45, 2.75) is 12.8 Å². The Bertz CT molecular complexity index is 1180. The number of methoxy groups -OCH3 is 2. The quantitative estimate of drug-likeness (QED) is 0.527. The number of ether oxygens (including phenoxy) is 2. The standard InChI is InChI=1S/C22H18O6/c1-25-15-5-7-17-19(9-15)27-11-13(21(17)23)3-4-14-12-28-20-10-16(26-2)6-8-18(20)22(14)24/h5-12H,3-4H2,1-2H3. The third kappa shape index (κ3) is 3.13. The van der Waals surface area contributed by atoms with Crippen molar-refractivity contribution in [2.75, 3.05) is 14.2 Å². The Hall–Kier alpha value is -3.54. The zero-order chi connectivity index (χ0) is 19.7. The predicted octanol–water partition coefficient (Wildman–Crippen LogP) is 3.70. The smallest absolute Gasteiger partial charge is 0.195 e. The van der Waals surface area contributed by atoms with Crippen molar-refractivity contribution in [1.82, 2.24) is 0 Å². The van der Waals surface area contributed by atoms with Crippen molar-refractivity contribution in [3.8, 4) is 11.5 Å². The molecule has 0 atom stereocenters. The van der Waals surface area contributed by atoms with Gasteiger partial charge in [0.05, 0.1) is 37.5 Å². The van der Waals surface area contributed by atoms with Crippen LogP contribution in [0.2, 0.25) is 0 Å². The largest absolute Gasteiger partial charge is 0.497 e. The highest BCUT2D eigenvalue weighted by molar-refractivity contribution is 5.79. The van der Waals surface area contributed by atoms with E-state index in [1.165, 1.54) is 12.5 Å². The lowest BCUT2D eigenvalue weighted by atomic mass is 10.0. The monoisotopic (exact) mass is 378 g/mol. The van der Waals surface area contributed by atoms with Crippen LogP contribution in [0.25, 0.3) is 21.9 Å². The minimum absolute atomic E-state index is 0.112. The summed E-state index contributed by atoms with van der Waals surface area (Å²) in [6, 6.07) is 10.1. The molecule has 0 aliphatic heterocycles. The van der Waals surface area contributed by atoms with Gasteiger partial charge in [-0.25, -0.2) is 0 Å². The molecule has 2 aromatic heterocycles. The summed E-state index contributed by atoms with van der Waals surface area (Å²) < 4.78 is 21.5. The van der Waals surface area contributed by atoms with Gasteiger partial charge in [-0.05, 0) is 37.1 Å². The Labute approximate surface area is 159 Å². The molecule has 0 radical (unpaired) electrons. The molecule has 0 fully saturated rings. The fourth-order valence-electron chi connectivity index (χ4n) is 3.17. The fourth-order valence-corrected chi connectivity index (χ4v) is 3.17. The van der Waals surface area contributed by atoms with E-state index < -0.39 is 0 Å². The molecule has 0 saturated carbocycles. The number of aryl methyl sites for hydroxylation is 2. The van der Waals surface area contributed by atoms with Gasteiger partial charge in [-0.1, -0.05) is 0 Å². The van der Waals surface area contributed by atoms with Gasteiger partial charge in [0.2, 0.25) is 0 Å². The number of hydrogen-bond donors (Lipinski definition) is 0. The summed E-state index contributed by atoms with van der Waals surface area (Å²) in [5.41, 5.74) is 1.72. The molecule has 0 aliphatic rings. The number of fused-ring (bicyclic) bond motifs is 2. The molecule has 0 bridgehead atoms. The van der Waals surface area contributed by atoms with E-state index in [-0.39, 0.29) is 10.9 Å². The van der Waals surface area contributed by atoms with Gasteiger partial charge in [0.15, 0.2) is 10.9 Å². The van der Waals surface area contributed by atoms with E-state index in [9.17, 15) is 9.59 Å². The average Bonchev–Trinajstić information content (AvgIpc) is 2.74. The van der Waals surface area contributed by atoms with Crippen molar-refractivity contribution in [3.05, 3.63) is 80.5 Å². The topological polar surface area (TPSA) is 78.9 Å². The second kappa shape index (κ2) is 7.23. The average molecular weight is 378 g/mol. The molecule has 2 aromatic carbocycles. The first kappa shape index (κ1) is 17.9. The Morgan fingerprint density at radius 1 is 0.714 bits per heavy atom. The molecule has 0 unspecified atom stereocenters. The lowest BCUT2D eigenvalue weighted by Gasteiger charge is -2.06. The van der Waals surface area contributed by atoms with Crippen molar-refractivity contribution in [3.63, 3.8) is 0 Å². The summed E-state index contributed by atoms with van der Waals surface area (Å²) in [5, 5.41) is 0.965. The van der Waals surface area contributed by atoms with E-state index in [4.69, 9.17) is 18.3 Å². The first-order valence-corrected chi connectivity index (χ1v) is 8.77. The molecule has 0 saturated heterocycles. The molecule has 6 nitrogen and oxygen atoms in total. The first-order chi connectivity index (χ1) is 13.6. The molecule has 4 rings (SSSR count). The van der Waals surface area contributed by atoms with Gasteiger partial charge in [-0.3, -0.25) is 9.59 Å². The van der Waals surface area contributed by atoms with Crippen LogP contribution in [-0.4, -0.2) is 14.2 Å².